The van der Waals surface area contributed by atoms with E-state index < -0.39 is 0 Å². The zero-order valence-corrected chi connectivity index (χ0v) is 15.1. The van der Waals surface area contributed by atoms with E-state index in [4.69, 9.17) is 27.9 Å². The van der Waals surface area contributed by atoms with Gasteiger partial charge in [-0.25, -0.2) is 8.78 Å². The zero-order valence-electron chi connectivity index (χ0n) is 13.6. The van der Waals surface area contributed by atoms with Gasteiger partial charge in [-0.2, -0.15) is 0 Å². The van der Waals surface area contributed by atoms with Crippen LogP contribution in [0.5, 0.6) is 5.75 Å². The van der Waals surface area contributed by atoms with Crippen molar-refractivity contribution in [2.75, 3.05) is 5.32 Å². The molecule has 0 saturated carbocycles. The molecule has 0 bridgehead atoms. The van der Waals surface area contributed by atoms with Crippen LogP contribution >= 0.6 is 23.2 Å². The summed E-state index contributed by atoms with van der Waals surface area (Å²) < 4.78 is 31.8. The minimum Gasteiger partial charge on any atom is -0.486 e. The molecule has 0 fully saturated rings. The summed E-state index contributed by atoms with van der Waals surface area (Å²) in [5.74, 6) is -0.268. The quantitative estimate of drug-likeness (QED) is 0.518. The van der Waals surface area contributed by atoms with Crippen molar-refractivity contribution in [2.45, 2.75) is 13.2 Å². The van der Waals surface area contributed by atoms with Crippen molar-refractivity contribution in [3.63, 3.8) is 0 Å². The zero-order chi connectivity index (χ0) is 18.5. The fraction of sp³-hybridized carbons (Fsp3) is 0.100. The highest BCUT2D eigenvalue weighted by Gasteiger charge is 2.10. The van der Waals surface area contributed by atoms with Crippen molar-refractivity contribution < 1.29 is 13.5 Å². The summed E-state index contributed by atoms with van der Waals surface area (Å²) >= 11 is 12.5. The lowest BCUT2D eigenvalue weighted by Crippen LogP contribution is -2.01. The molecule has 0 spiro atoms. The molecule has 0 aliphatic heterocycles. The predicted molar refractivity (Wildman–Crippen MR) is 101 cm³/mol. The fourth-order valence-corrected chi connectivity index (χ4v) is 3.05. The Morgan fingerprint density at radius 2 is 1.50 bits per heavy atom. The molecule has 0 unspecified atom stereocenters. The molecule has 0 heterocycles. The maximum absolute atomic E-state index is 13.2. The smallest absolute Gasteiger partial charge is 0.156 e. The van der Waals surface area contributed by atoms with Gasteiger partial charge >= 0.3 is 0 Å². The monoisotopic (exact) mass is 393 g/mol. The van der Waals surface area contributed by atoms with E-state index in [0.29, 0.717) is 27.9 Å². The van der Waals surface area contributed by atoms with E-state index >= 15 is 0 Å². The standard InChI is InChI=1S/C20H15Cl2F2NO/c21-18-9-14(11-25-17-6-4-15(23)5-7-17)10-19(22)20(18)26-12-13-2-1-3-16(24)8-13/h1-10,25H,11-12H2. The van der Waals surface area contributed by atoms with Crippen LogP contribution in [-0.4, -0.2) is 0 Å². The molecule has 0 amide bonds. The molecule has 0 aromatic heterocycles. The van der Waals surface area contributed by atoms with Gasteiger partial charge in [-0.15, -0.1) is 0 Å². The van der Waals surface area contributed by atoms with Crippen molar-refractivity contribution in [3.05, 3.63) is 93.5 Å². The summed E-state index contributed by atoms with van der Waals surface area (Å²) in [5.41, 5.74) is 2.31. The average Bonchev–Trinajstić information content (AvgIpc) is 2.60. The third-order valence-corrected chi connectivity index (χ3v) is 4.23. The number of rotatable bonds is 6. The maximum Gasteiger partial charge on any atom is 0.156 e. The van der Waals surface area contributed by atoms with Gasteiger partial charge in [0.2, 0.25) is 0 Å². The number of anilines is 1. The Balaban J connectivity index is 1.66. The van der Waals surface area contributed by atoms with Crippen LogP contribution in [0.4, 0.5) is 14.5 Å². The van der Waals surface area contributed by atoms with E-state index in [0.717, 1.165) is 11.3 Å². The molecule has 0 radical (unpaired) electrons. The first-order valence-corrected chi connectivity index (χ1v) is 8.61. The summed E-state index contributed by atoms with van der Waals surface area (Å²) in [5, 5.41) is 3.89. The lowest BCUT2D eigenvalue weighted by molar-refractivity contribution is 0.306. The Hall–Kier alpha value is -2.30. The minimum atomic E-state index is -0.328. The van der Waals surface area contributed by atoms with Crippen molar-refractivity contribution in [2.24, 2.45) is 0 Å². The maximum atomic E-state index is 13.2. The van der Waals surface area contributed by atoms with Gasteiger partial charge in [-0.05, 0) is 59.7 Å². The summed E-state index contributed by atoms with van der Waals surface area (Å²) in [7, 11) is 0. The highest BCUT2D eigenvalue weighted by Crippen LogP contribution is 2.35. The normalized spacial score (nSPS) is 10.6. The van der Waals surface area contributed by atoms with Gasteiger partial charge < -0.3 is 10.1 Å². The molecule has 0 saturated heterocycles. The van der Waals surface area contributed by atoms with Crippen LogP contribution in [0.2, 0.25) is 10.0 Å². The first-order chi connectivity index (χ1) is 12.5. The largest absolute Gasteiger partial charge is 0.486 e. The number of hydrogen-bond donors (Lipinski definition) is 1. The molecule has 0 atom stereocenters. The van der Waals surface area contributed by atoms with Gasteiger partial charge in [0.1, 0.15) is 18.2 Å². The molecule has 0 aliphatic carbocycles. The van der Waals surface area contributed by atoms with Crippen molar-refractivity contribution in [1.82, 2.24) is 0 Å². The SMILES string of the molecule is Fc1ccc(NCc2cc(Cl)c(OCc3cccc(F)c3)c(Cl)c2)cc1. The highest BCUT2D eigenvalue weighted by atomic mass is 35.5. The van der Waals surface area contributed by atoms with Gasteiger partial charge in [0.15, 0.2) is 5.75 Å². The molecule has 1 N–H and O–H groups in total. The van der Waals surface area contributed by atoms with Crippen molar-refractivity contribution >= 4 is 28.9 Å². The molecule has 3 aromatic rings. The number of halogens is 4. The Morgan fingerprint density at radius 1 is 0.808 bits per heavy atom. The Labute approximate surface area is 160 Å². The summed E-state index contributed by atoms with van der Waals surface area (Å²) in [4.78, 5) is 0. The number of ether oxygens (including phenoxy) is 1. The first kappa shape index (κ1) is 18.5. The third-order valence-electron chi connectivity index (χ3n) is 3.67. The average molecular weight is 394 g/mol. The molecule has 3 aromatic carbocycles. The van der Waals surface area contributed by atoms with E-state index in [-0.39, 0.29) is 18.2 Å². The molecular formula is C20H15Cl2F2NO. The molecule has 134 valence electrons. The predicted octanol–water partition coefficient (Wildman–Crippen LogP) is 6.46. The number of hydrogen-bond acceptors (Lipinski definition) is 2. The van der Waals surface area contributed by atoms with E-state index in [9.17, 15) is 8.78 Å². The van der Waals surface area contributed by atoms with E-state index in [2.05, 4.69) is 5.32 Å². The number of benzene rings is 3. The second kappa shape index (κ2) is 8.39. The molecule has 3 rings (SSSR count). The summed E-state index contributed by atoms with van der Waals surface area (Å²) in [6.45, 7) is 0.625. The first-order valence-electron chi connectivity index (χ1n) is 7.86. The van der Waals surface area contributed by atoms with Gasteiger partial charge in [0, 0.05) is 12.2 Å². The highest BCUT2D eigenvalue weighted by molar-refractivity contribution is 6.37. The Morgan fingerprint density at radius 3 is 2.15 bits per heavy atom. The van der Waals surface area contributed by atoms with Gasteiger partial charge in [-0.3, -0.25) is 0 Å². The van der Waals surface area contributed by atoms with Gasteiger partial charge in [0.25, 0.3) is 0 Å². The molecule has 26 heavy (non-hydrogen) atoms. The van der Waals surface area contributed by atoms with E-state index in [1.54, 1.807) is 36.4 Å². The molecule has 6 heteroatoms. The van der Waals surface area contributed by atoms with Gasteiger partial charge in [-0.1, -0.05) is 35.3 Å². The van der Waals surface area contributed by atoms with Gasteiger partial charge in [0.05, 0.1) is 10.0 Å². The lowest BCUT2D eigenvalue weighted by Gasteiger charge is -2.13. The minimum absolute atomic E-state index is 0.157. The molecule has 0 aliphatic rings. The van der Waals surface area contributed by atoms with Crippen LogP contribution < -0.4 is 10.1 Å². The van der Waals surface area contributed by atoms with E-state index in [1.807, 2.05) is 0 Å². The fourth-order valence-electron chi connectivity index (χ4n) is 2.41. The number of nitrogens with one attached hydrogen (secondary N) is 1. The second-order valence-electron chi connectivity index (χ2n) is 5.67. The topological polar surface area (TPSA) is 21.3 Å². The van der Waals surface area contributed by atoms with E-state index in [1.165, 1.54) is 24.3 Å². The Kier molecular flexibility index (Phi) is 5.96. The summed E-state index contributed by atoms with van der Waals surface area (Å²) in [6.07, 6.45) is 0. The van der Waals surface area contributed by atoms with Crippen LogP contribution in [0, 0.1) is 11.6 Å². The van der Waals surface area contributed by atoms with Crippen molar-refractivity contribution in [3.8, 4) is 5.75 Å². The van der Waals surface area contributed by atoms with Crippen LogP contribution in [-0.2, 0) is 13.2 Å². The van der Waals surface area contributed by atoms with Crippen molar-refractivity contribution in [1.29, 1.82) is 0 Å². The molecule has 2 nitrogen and oxygen atoms in total. The van der Waals surface area contributed by atoms with Crippen LogP contribution in [0.1, 0.15) is 11.1 Å². The van der Waals surface area contributed by atoms with Crippen LogP contribution in [0.3, 0.4) is 0 Å². The third kappa shape index (κ3) is 4.87. The molecular weight excluding hydrogens is 379 g/mol. The van der Waals surface area contributed by atoms with Crippen LogP contribution in [0.25, 0.3) is 0 Å². The van der Waals surface area contributed by atoms with Crippen LogP contribution in [0.15, 0.2) is 60.7 Å². The second-order valence-corrected chi connectivity index (χ2v) is 6.48. The Bertz CT molecular complexity index is 878. The lowest BCUT2D eigenvalue weighted by atomic mass is 10.2. The summed E-state index contributed by atoms with van der Waals surface area (Å²) in [6, 6.07) is 15.7.